The molecule has 0 unspecified atom stereocenters. The van der Waals surface area contributed by atoms with Gasteiger partial charge in [-0.1, -0.05) is 6.07 Å². The first kappa shape index (κ1) is 21.6. The molecule has 0 radical (unpaired) electrons. The zero-order valence-electron chi connectivity index (χ0n) is 18.5. The lowest BCUT2D eigenvalue weighted by Crippen LogP contribution is -2.50. The van der Waals surface area contributed by atoms with Crippen LogP contribution in [0, 0.1) is 17.1 Å². The van der Waals surface area contributed by atoms with E-state index < -0.39 is 11.4 Å². The zero-order valence-corrected chi connectivity index (χ0v) is 18.5. The quantitative estimate of drug-likeness (QED) is 0.618. The summed E-state index contributed by atoms with van der Waals surface area (Å²) in [7, 11) is 0. The lowest BCUT2D eigenvalue weighted by molar-refractivity contribution is 0.0240. The van der Waals surface area contributed by atoms with E-state index in [1.165, 1.54) is 6.07 Å². The molecule has 0 spiro atoms. The van der Waals surface area contributed by atoms with Crippen LogP contribution in [0.25, 0.3) is 11.0 Å². The van der Waals surface area contributed by atoms with Crippen LogP contribution in [0.5, 0.6) is 0 Å². The number of ether oxygens (including phenoxy) is 1. The predicted octanol–water partition coefficient (Wildman–Crippen LogP) is 4.15. The average molecular weight is 436 g/mol. The van der Waals surface area contributed by atoms with Crippen LogP contribution in [0.4, 0.5) is 14.9 Å². The molecule has 1 aliphatic rings. The van der Waals surface area contributed by atoms with Gasteiger partial charge >= 0.3 is 6.09 Å². The number of anilines is 1. The Bertz CT molecular complexity index is 1180. The number of carbonyl (C=O) groups is 1. The number of hydrogen-bond donors (Lipinski definition) is 0. The number of halogens is 1. The molecule has 4 rings (SSSR count). The average Bonchev–Trinajstić information content (AvgIpc) is 3.16. The Kier molecular flexibility index (Phi) is 5.74. The highest BCUT2D eigenvalue weighted by Gasteiger charge is 2.26. The summed E-state index contributed by atoms with van der Waals surface area (Å²) in [4.78, 5) is 20.7. The number of nitriles is 1. The van der Waals surface area contributed by atoms with Crippen LogP contribution >= 0.6 is 0 Å². The van der Waals surface area contributed by atoms with Crippen molar-refractivity contribution in [1.29, 1.82) is 5.26 Å². The zero-order chi connectivity index (χ0) is 22.9. The Hall–Kier alpha value is -3.60. The van der Waals surface area contributed by atoms with Crippen molar-refractivity contribution in [2.75, 3.05) is 31.1 Å². The summed E-state index contributed by atoms with van der Waals surface area (Å²) in [5.74, 6) is -0.402. The first-order valence-corrected chi connectivity index (χ1v) is 10.6. The second kappa shape index (κ2) is 8.50. The van der Waals surface area contributed by atoms with Crippen LogP contribution in [0.3, 0.4) is 0 Å². The highest BCUT2D eigenvalue weighted by atomic mass is 19.1. The number of benzene rings is 2. The smallest absolute Gasteiger partial charge is 0.410 e. The third-order valence-corrected chi connectivity index (χ3v) is 5.42. The Balaban J connectivity index is 1.49. The number of fused-ring (bicyclic) bond motifs is 1. The van der Waals surface area contributed by atoms with Gasteiger partial charge in [0.2, 0.25) is 0 Å². The van der Waals surface area contributed by atoms with E-state index in [2.05, 4.69) is 9.88 Å². The number of aromatic nitrogens is 2. The summed E-state index contributed by atoms with van der Waals surface area (Å²) in [5.41, 5.74) is 3.06. The van der Waals surface area contributed by atoms with Gasteiger partial charge in [0, 0.05) is 37.4 Å². The molecule has 2 heterocycles. The molecule has 0 aliphatic carbocycles. The number of hydrogen-bond acceptors (Lipinski definition) is 5. The van der Waals surface area contributed by atoms with Gasteiger partial charge in [0.25, 0.3) is 0 Å². The fourth-order valence-corrected chi connectivity index (χ4v) is 3.77. The monoisotopic (exact) mass is 435 g/mol. The summed E-state index contributed by atoms with van der Waals surface area (Å²) in [6, 6.07) is 12.5. The highest BCUT2D eigenvalue weighted by Crippen LogP contribution is 2.24. The number of carbonyl (C=O) groups excluding carboxylic acids is 1. The van der Waals surface area contributed by atoms with Gasteiger partial charge in [-0.3, -0.25) is 0 Å². The fourth-order valence-electron chi connectivity index (χ4n) is 3.77. The van der Waals surface area contributed by atoms with E-state index >= 15 is 0 Å². The van der Waals surface area contributed by atoms with Crippen LogP contribution in [-0.2, 0) is 11.3 Å². The number of amides is 1. The number of nitrogens with zero attached hydrogens (tertiary/aromatic N) is 5. The van der Waals surface area contributed by atoms with Gasteiger partial charge in [-0.15, -0.1) is 0 Å². The van der Waals surface area contributed by atoms with Crippen molar-refractivity contribution in [1.82, 2.24) is 14.5 Å². The molecule has 32 heavy (non-hydrogen) atoms. The molecule has 1 aliphatic heterocycles. The first-order valence-electron chi connectivity index (χ1n) is 10.6. The third kappa shape index (κ3) is 4.67. The largest absolute Gasteiger partial charge is 0.444 e. The minimum atomic E-state index is -0.508. The Labute approximate surface area is 186 Å². The van der Waals surface area contributed by atoms with Crippen molar-refractivity contribution < 1.29 is 13.9 Å². The minimum Gasteiger partial charge on any atom is -0.444 e. The topological polar surface area (TPSA) is 74.4 Å². The van der Waals surface area contributed by atoms with Crippen LogP contribution in [0.1, 0.15) is 31.9 Å². The van der Waals surface area contributed by atoms with Gasteiger partial charge in [0.1, 0.15) is 11.4 Å². The molecule has 1 aromatic heterocycles. The lowest BCUT2D eigenvalue weighted by Gasteiger charge is -2.36. The SMILES string of the molecule is CC(C)(C)OC(=O)N1CCN(c2ccc3ncn(Cc4ccc(C#N)cc4F)c3c2)CC1. The molecule has 2 aromatic carbocycles. The maximum Gasteiger partial charge on any atom is 0.410 e. The molecule has 0 N–H and O–H groups in total. The van der Waals surface area contributed by atoms with Crippen LogP contribution in [0.15, 0.2) is 42.7 Å². The Morgan fingerprint density at radius 3 is 2.56 bits per heavy atom. The normalized spacial score (nSPS) is 14.5. The van der Waals surface area contributed by atoms with Crippen molar-refractivity contribution in [3.63, 3.8) is 0 Å². The van der Waals surface area contributed by atoms with Crippen LogP contribution < -0.4 is 4.90 Å². The maximum absolute atomic E-state index is 14.4. The summed E-state index contributed by atoms with van der Waals surface area (Å²) >= 11 is 0. The maximum atomic E-state index is 14.4. The second-order valence-corrected chi connectivity index (χ2v) is 8.92. The van der Waals surface area contributed by atoms with Crippen molar-refractivity contribution >= 4 is 22.8 Å². The van der Waals surface area contributed by atoms with E-state index in [4.69, 9.17) is 10.00 Å². The molecule has 7 nitrogen and oxygen atoms in total. The van der Waals surface area contributed by atoms with E-state index in [1.807, 2.05) is 49.6 Å². The van der Waals surface area contributed by atoms with E-state index in [9.17, 15) is 9.18 Å². The van der Waals surface area contributed by atoms with E-state index in [1.54, 1.807) is 23.4 Å². The summed E-state index contributed by atoms with van der Waals surface area (Å²) < 4.78 is 21.7. The van der Waals surface area contributed by atoms with Crippen molar-refractivity contribution in [3.8, 4) is 6.07 Å². The van der Waals surface area contributed by atoms with Crippen LogP contribution in [-0.4, -0.2) is 52.3 Å². The standard InChI is InChI=1S/C24H26FN5O2/c1-24(2,3)32-23(31)29-10-8-28(9-11-29)19-6-7-21-22(13-19)30(16-27-21)15-18-5-4-17(14-26)12-20(18)25/h4-7,12-13,16H,8-11,15H2,1-3H3. The Morgan fingerprint density at radius 2 is 1.91 bits per heavy atom. The molecule has 166 valence electrons. The van der Waals surface area contributed by atoms with Gasteiger partial charge in [-0.25, -0.2) is 14.2 Å². The van der Waals surface area contributed by atoms with E-state index in [0.717, 1.165) is 16.7 Å². The fraction of sp³-hybridized carbons (Fsp3) is 0.375. The van der Waals surface area contributed by atoms with Gasteiger partial charge in [-0.2, -0.15) is 5.26 Å². The highest BCUT2D eigenvalue weighted by molar-refractivity contribution is 5.80. The number of piperazine rings is 1. The van der Waals surface area contributed by atoms with Gasteiger partial charge in [-0.05, 0) is 51.1 Å². The molecule has 1 amide bonds. The van der Waals surface area contributed by atoms with Crippen molar-refractivity contribution in [2.45, 2.75) is 32.9 Å². The molecular weight excluding hydrogens is 409 g/mol. The second-order valence-electron chi connectivity index (χ2n) is 8.92. The predicted molar refractivity (Wildman–Crippen MR) is 120 cm³/mol. The van der Waals surface area contributed by atoms with Gasteiger partial charge in [0.05, 0.1) is 35.5 Å². The van der Waals surface area contributed by atoms with Gasteiger partial charge < -0.3 is 19.1 Å². The lowest BCUT2D eigenvalue weighted by atomic mass is 10.1. The number of imidazole rings is 1. The summed E-state index contributed by atoms with van der Waals surface area (Å²) in [6.45, 7) is 8.48. The minimum absolute atomic E-state index is 0.282. The third-order valence-electron chi connectivity index (χ3n) is 5.42. The molecule has 1 saturated heterocycles. The molecular formula is C24H26FN5O2. The summed E-state index contributed by atoms with van der Waals surface area (Å²) in [5, 5.41) is 8.94. The van der Waals surface area contributed by atoms with Crippen molar-refractivity contribution in [2.24, 2.45) is 0 Å². The molecule has 1 fully saturated rings. The molecule has 0 saturated carbocycles. The van der Waals surface area contributed by atoms with E-state index in [0.29, 0.717) is 43.9 Å². The van der Waals surface area contributed by atoms with E-state index in [-0.39, 0.29) is 6.09 Å². The molecule has 3 aromatic rings. The van der Waals surface area contributed by atoms with Crippen molar-refractivity contribution in [3.05, 3.63) is 59.7 Å². The van der Waals surface area contributed by atoms with Crippen LogP contribution in [0.2, 0.25) is 0 Å². The first-order chi connectivity index (χ1) is 15.2. The van der Waals surface area contributed by atoms with Gasteiger partial charge in [0.15, 0.2) is 0 Å². The summed E-state index contributed by atoms with van der Waals surface area (Å²) in [6.07, 6.45) is 1.42. The molecule has 0 atom stereocenters. The Morgan fingerprint density at radius 1 is 1.16 bits per heavy atom. The molecule has 8 heteroatoms. The molecule has 0 bridgehead atoms. The number of rotatable bonds is 3.